The van der Waals surface area contributed by atoms with Gasteiger partial charge in [0.15, 0.2) is 0 Å². The molecule has 5 heteroatoms. The van der Waals surface area contributed by atoms with E-state index in [2.05, 4.69) is 17.2 Å². The van der Waals surface area contributed by atoms with Crippen molar-refractivity contribution >= 4 is 11.9 Å². The predicted octanol–water partition coefficient (Wildman–Crippen LogP) is 2.79. The molecule has 1 aromatic rings. The van der Waals surface area contributed by atoms with Gasteiger partial charge >= 0.3 is 5.97 Å². The van der Waals surface area contributed by atoms with E-state index in [1.807, 2.05) is 13.0 Å². The first-order valence-electron chi connectivity index (χ1n) is 7.46. The number of carboxylic acids is 1. The van der Waals surface area contributed by atoms with Crippen molar-refractivity contribution in [3.63, 3.8) is 0 Å². The highest BCUT2D eigenvalue weighted by Gasteiger charge is 2.13. The van der Waals surface area contributed by atoms with E-state index in [9.17, 15) is 9.59 Å². The molecule has 0 bridgehead atoms. The van der Waals surface area contributed by atoms with Crippen molar-refractivity contribution in [2.75, 3.05) is 6.54 Å². The predicted molar refractivity (Wildman–Crippen MR) is 81.2 cm³/mol. The van der Waals surface area contributed by atoms with Crippen molar-refractivity contribution in [2.24, 2.45) is 5.92 Å². The van der Waals surface area contributed by atoms with Crippen LogP contribution in [0.3, 0.4) is 0 Å². The molecule has 0 aliphatic carbocycles. The number of aromatic nitrogens is 1. The third kappa shape index (κ3) is 6.38. The first-order chi connectivity index (χ1) is 10.0. The Hall–Kier alpha value is -1.91. The van der Waals surface area contributed by atoms with Gasteiger partial charge in [-0.15, -0.1) is 0 Å². The average Bonchev–Trinajstić information content (AvgIpc) is 2.45. The van der Waals surface area contributed by atoms with Crippen molar-refractivity contribution in [3.8, 4) is 0 Å². The van der Waals surface area contributed by atoms with E-state index < -0.39 is 5.97 Å². The second kappa shape index (κ2) is 9.10. The number of carboxylic acid groups (broad SMARTS) is 1. The number of pyridine rings is 1. The summed E-state index contributed by atoms with van der Waals surface area (Å²) in [4.78, 5) is 26.7. The maximum atomic E-state index is 12.0. The van der Waals surface area contributed by atoms with E-state index in [-0.39, 0.29) is 12.3 Å². The highest BCUT2D eigenvalue weighted by atomic mass is 16.4. The number of hydrogen-bond donors (Lipinski definition) is 2. The van der Waals surface area contributed by atoms with Gasteiger partial charge in [-0.25, -0.2) is 0 Å². The lowest BCUT2D eigenvalue weighted by Gasteiger charge is -2.15. The summed E-state index contributed by atoms with van der Waals surface area (Å²) in [5, 5.41) is 11.6. The maximum Gasteiger partial charge on any atom is 0.303 e. The van der Waals surface area contributed by atoms with E-state index in [1.54, 1.807) is 12.3 Å². The molecule has 2 N–H and O–H groups in total. The minimum absolute atomic E-state index is 0.165. The van der Waals surface area contributed by atoms with Gasteiger partial charge in [-0.1, -0.05) is 25.8 Å². The van der Waals surface area contributed by atoms with Crippen molar-refractivity contribution in [1.82, 2.24) is 10.3 Å². The molecule has 116 valence electrons. The van der Waals surface area contributed by atoms with Gasteiger partial charge in [-0.3, -0.25) is 14.6 Å². The van der Waals surface area contributed by atoms with Crippen LogP contribution in [0.15, 0.2) is 18.3 Å². The van der Waals surface area contributed by atoms with Crippen molar-refractivity contribution in [3.05, 3.63) is 29.6 Å². The summed E-state index contributed by atoms with van der Waals surface area (Å²) < 4.78 is 0. The zero-order chi connectivity index (χ0) is 15.7. The first kappa shape index (κ1) is 17.1. The summed E-state index contributed by atoms with van der Waals surface area (Å²) in [6, 6.07) is 3.66. The molecule has 5 nitrogen and oxygen atoms in total. The molecule has 1 rings (SSSR count). The van der Waals surface area contributed by atoms with Crippen LogP contribution in [0.25, 0.3) is 0 Å². The number of nitrogens with one attached hydrogen (secondary N) is 1. The van der Waals surface area contributed by atoms with Gasteiger partial charge < -0.3 is 10.4 Å². The van der Waals surface area contributed by atoms with Crippen LogP contribution in [0.5, 0.6) is 0 Å². The zero-order valence-corrected chi connectivity index (χ0v) is 12.8. The number of hydrogen-bond acceptors (Lipinski definition) is 3. The lowest BCUT2D eigenvalue weighted by molar-refractivity contribution is -0.137. The number of amides is 1. The zero-order valence-electron chi connectivity index (χ0n) is 12.8. The van der Waals surface area contributed by atoms with Crippen LogP contribution in [-0.4, -0.2) is 28.5 Å². The van der Waals surface area contributed by atoms with Gasteiger partial charge in [0.25, 0.3) is 5.91 Å². The third-order valence-electron chi connectivity index (χ3n) is 3.53. The van der Waals surface area contributed by atoms with Crippen LogP contribution in [-0.2, 0) is 4.79 Å². The molecule has 0 saturated heterocycles. The average molecular weight is 292 g/mol. The Bertz CT molecular complexity index is 474. The lowest BCUT2D eigenvalue weighted by atomic mass is 9.94. The fraction of sp³-hybridized carbons (Fsp3) is 0.562. The quantitative estimate of drug-likeness (QED) is 0.733. The van der Waals surface area contributed by atoms with Gasteiger partial charge in [-0.2, -0.15) is 0 Å². The molecule has 0 spiro atoms. The minimum Gasteiger partial charge on any atom is -0.481 e. The van der Waals surface area contributed by atoms with Gasteiger partial charge in [-0.05, 0) is 37.3 Å². The smallest absolute Gasteiger partial charge is 0.303 e. The summed E-state index contributed by atoms with van der Waals surface area (Å²) in [6.07, 6.45) is 5.29. The molecule has 1 amide bonds. The lowest BCUT2D eigenvalue weighted by Crippen LogP contribution is -2.27. The normalized spacial score (nSPS) is 11.9. The second-order valence-electron chi connectivity index (χ2n) is 5.30. The molecule has 0 aliphatic rings. The number of carbonyl (C=O) groups is 2. The summed E-state index contributed by atoms with van der Waals surface area (Å²) in [5.41, 5.74) is 1.31. The molecule has 0 radical (unpaired) electrons. The highest BCUT2D eigenvalue weighted by molar-refractivity contribution is 5.93. The van der Waals surface area contributed by atoms with Gasteiger partial charge in [0.1, 0.15) is 5.69 Å². The Morgan fingerprint density at radius 2 is 2.10 bits per heavy atom. The Morgan fingerprint density at radius 3 is 2.71 bits per heavy atom. The molecule has 1 unspecified atom stereocenters. The van der Waals surface area contributed by atoms with Crippen LogP contribution >= 0.6 is 0 Å². The SMILES string of the molecule is CCCC(CCNC(=O)c1ncccc1C)CCC(=O)O. The van der Waals surface area contributed by atoms with Crippen molar-refractivity contribution in [1.29, 1.82) is 0 Å². The Balaban J connectivity index is 2.41. The number of rotatable bonds is 9. The van der Waals surface area contributed by atoms with Gasteiger partial charge in [0.2, 0.25) is 0 Å². The van der Waals surface area contributed by atoms with Crippen molar-refractivity contribution in [2.45, 2.75) is 46.0 Å². The summed E-state index contributed by atoms with van der Waals surface area (Å²) >= 11 is 0. The van der Waals surface area contributed by atoms with E-state index in [0.717, 1.165) is 24.8 Å². The topological polar surface area (TPSA) is 79.3 Å². The molecule has 0 aromatic carbocycles. The van der Waals surface area contributed by atoms with Crippen molar-refractivity contribution < 1.29 is 14.7 Å². The fourth-order valence-electron chi connectivity index (χ4n) is 2.37. The molecular weight excluding hydrogens is 268 g/mol. The Kier molecular flexibility index (Phi) is 7.43. The molecule has 0 aliphatic heterocycles. The van der Waals surface area contributed by atoms with E-state index in [4.69, 9.17) is 5.11 Å². The molecule has 0 fully saturated rings. The van der Waals surface area contributed by atoms with Crippen LogP contribution < -0.4 is 5.32 Å². The number of aliphatic carboxylic acids is 1. The fourth-order valence-corrected chi connectivity index (χ4v) is 2.37. The van der Waals surface area contributed by atoms with E-state index in [0.29, 0.717) is 24.6 Å². The van der Waals surface area contributed by atoms with Crippen LogP contribution in [0.4, 0.5) is 0 Å². The van der Waals surface area contributed by atoms with Crippen LogP contribution in [0.1, 0.15) is 55.1 Å². The molecule has 21 heavy (non-hydrogen) atoms. The number of carbonyl (C=O) groups excluding carboxylic acids is 1. The number of aryl methyl sites for hydroxylation is 1. The van der Waals surface area contributed by atoms with E-state index >= 15 is 0 Å². The molecule has 1 atom stereocenters. The molecule has 0 saturated carbocycles. The highest BCUT2D eigenvalue weighted by Crippen LogP contribution is 2.17. The maximum absolute atomic E-state index is 12.0. The Labute approximate surface area is 125 Å². The first-order valence-corrected chi connectivity index (χ1v) is 7.46. The molecule has 1 aromatic heterocycles. The van der Waals surface area contributed by atoms with E-state index in [1.165, 1.54) is 0 Å². The summed E-state index contributed by atoms with van der Waals surface area (Å²) in [7, 11) is 0. The monoisotopic (exact) mass is 292 g/mol. The van der Waals surface area contributed by atoms with Crippen LogP contribution in [0.2, 0.25) is 0 Å². The molecular formula is C16H24N2O3. The standard InChI is InChI=1S/C16H24N2O3/c1-3-5-13(7-8-14(19)20)9-11-18-16(21)15-12(2)6-4-10-17-15/h4,6,10,13H,3,5,7-9,11H2,1-2H3,(H,18,21)(H,19,20). The summed E-state index contributed by atoms with van der Waals surface area (Å²) in [5.74, 6) is -0.581. The minimum atomic E-state index is -0.760. The third-order valence-corrected chi connectivity index (χ3v) is 3.53. The Morgan fingerprint density at radius 1 is 1.33 bits per heavy atom. The van der Waals surface area contributed by atoms with Crippen LogP contribution in [0, 0.1) is 12.8 Å². The molecule has 1 heterocycles. The second-order valence-corrected chi connectivity index (χ2v) is 5.30. The summed E-state index contributed by atoms with van der Waals surface area (Å²) in [6.45, 7) is 4.50. The number of nitrogens with zero attached hydrogens (tertiary/aromatic N) is 1. The van der Waals surface area contributed by atoms with Gasteiger partial charge in [0, 0.05) is 19.2 Å². The largest absolute Gasteiger partial charge is 0.481 e. The van der Waals surface area contributed by atoms with Gasteiger partial charge in [0.05, 0.1) is 0 Å².